The first-order valence-electron chi connectivity index (χ1n) is 3.41. The van der Waals surface area contributed by atoms with E-state index >= 15 is 0 Å². The molecule has 0 aliphatic carbocycles. The van der Waals surface area contributed by atoms with E-state index in [4.69, 9.17) is 4.89 Å². The molecule has 1 unspecified atom stereocenters. The van der Waals surface area contributed by atoms with Gasteiger partial charge in [0.05, 0.1) is 0 Å². The Morgan fingerprint density at radius 2 is 1.90 bits per heavy atom. The van der Waals surface area contributed by atoms with Crippen molar-refractivity contribution < 1.29 is 26.5 Å². The Hall–Kier alpha value is 0.579. The van der Waals surface area contributed by atoms with Crippen LogP contribution in [0.25, 0.3) is 0 Å². The minimum Gasteiger partial charge on any atom is -0.161 e. The van der Waals surface area contributed by atoms with Crippen molar-refractivity contribution in [2.45, 2.75) is 32.6 Å². The number of hydrogen-bond donors (Lipinski definition) is 1. The van der Waals surface area contributed by atoms with Crippen LogP contribution in [-0.2, 0) is 21.6 Å². The molecule has 0 saturated heterocycles. The molecule has 1 atom stereocenters. The van der Waals surface area contributed by atoms with E-state index in [1.165, 1.54) is 12.8 Å². The smallest absolute Gasteiger partial charge is 0.161 e. The van der Waals surface area contributed by atoms with Gasteiger partial charge in [0.25, 0.3) is 0 Å². The molecule has 0 bridgehead atoms. The molecule has 10 heavy (non-hydrogen) atoms. The van der Waals surface area contributed by atoms with Gasteiger partial charge in [-0.3, -0.25) is 0 Å². The van der Waals surface area contributed by atoms with Gasteiger partial charge in [0.1, 0.15) is 0 Å². The van der Waals surface area contributed by atoms with E-state index in [-0.39, 0.29) is 17.1 Å². The summed E-state index contributed by atoms with van der Waals surface area (Å²) >= 11 is 0. The normalized spacial score (nSPS) is 10.4. The second kappa shape index (κ2) is 9.58. The Bertz CT molecular complexity index is 87.8. The SMILES string of the molecule is CCCCCC[P+](=O)O.[Fe]. The maximum atomic E-state index is 10.1. The first-order chi connectivity index (χ1) is 4.27. The van der Waals surface area contributed by atoms with Crippen LogP contribution in [0.2, 0.25) is 0 Å². The summed E-state index contributed by atoms with van der Waals surface area (Å²) in [5.74, 6) is 0. The molecular weight excluding hydrogens is 191 g/mol. The topological polar surface area (TPSA) is 37.3 Å². The summed E-state index contributed by atoms with van der Waals surface area (Å²) in [6.45, 7) is 2.12. The van der Waals surface area contributed by atoms with Crippen LogP contribution in [0, 0.1) is 0 Å². The Morgan fingerprint density at radius 3 is 2.30 bits per heavy atom. The summed E-state index contributed by atoms with van der Waals surface area (Å²) in [6.07, 6.45) is 4.85. The molecule has 0 heterocycles. The van der Waals surface area contributed by atoms with E-state index in [0.717, 1.165) is 12.8 Å². The third-order valence-electron chi connectivity index (χ3n) is 1.20. The molecule has 0 aromatic heterocycles. The van der Waals surface area contributed by atoms with Crippen molar-refractivity contribution in [2.75, 3.05) is 6.16 Å². The summed E-state index contributed by atoms with van der Waals surface area (Å²) in [6, 6.07) is 0. The molecule has 0 aromatic carbocycles. The van der Waals surface area contributed by atoms with Gasteiger partial charge in [-0.05, 0) is 17.4 Å². The maximum absolute atomic E-state index is 10.1. The van der Waals surface area contributed by atoms with Crippen molar-refractivity contribution in [2.24, 2.45) is 0 Å². The molecular formula is C6H14FeO2P+. The zero-order valence-corrected chi connectivity index (χ0v) is 8.19. The fraction of sp³-hybridized carbons (Fsp3) is 1.00. The third kappa shape index (κ3) is 11.4. The Morgan fingerprint density at radius 1 is 1.30 bits per heavy atom. The molecule has 1 N–H and O–H groups in total. The van der Waals surface area contributed by atoms with Crippen molar-refractivity contribution in [3.05, 3.63) is 0 Å². The van der Waals surface area contributed by atoms with Gasteiger partial charge >= 0.3 is 8.03 Å². The van der Waals surface area contributed by atoms with Gasteiger partial charge in [-0.15, -0.1) is 0 Å². The average Bonchev–Trinajstić information content (AvgIpc) is 1.80. The van der Waals surface area contributed by atoms with Gasteiger partial charge in [-0.2, -0.15) is 4.89 Å². The van der Waals surface area contributed by atoms with Gasteiger partial charge in [0, 0.05) is 17.1 Å². The second-order valence-corrected chi connectivity index (χ2v) is 3.29. The molecule has 0 spiro atoms. The average molecular weight is 205 g/mol. The van der Waals surface area contributed by atoms with Gasteiger partial charge in [0.15, 0.2) is 6.16 Å². The van der Waals surface area contributed by atoms with Crippen LogP contribution in [0.5, 0.6) is 0 Å². The maximum Gasteiger partial charge on any atom is 0.505 e. The molecule has 0 rings (SSSR count). The Labute approximate surface area is 73.7 Å². The minimum absolute atomic E-state index is 0. The van der Waals surface area contributed by atoms with E-state index < -0.39 is 8.03 Å². The predicted octanol–water partition coefficient (Wildman–Crippen LogP) is 2.30. The van der Waals surface area contributed by atoms with E-state index in [1.807, 2.05) is 0 Å². The van der Waals surface area contributed by atoms with Gasteiger partial charge in [-0.1, -0.05) is 19.8 Å². The Balaban J connectivity index is 0. The zero-order chi connectivity index (χ0) is 7.11. The van der Waals surface area contributed by atoms with Crippen molar-refractivity contribution in [3.63, 3.8) is 0 Å². The summed E-state index contributed by atoms with van der Waals surface area (Å²) in [5.41, 5.74) is 0. The fourth-order valence-corrected chi connectivity index (χ4v) is 1.17. The molecule has 0 aliphatic heterocycles. The van der Waals surface area contributed by atoms with E-state index in [9.17, 15) is 4.57 Å². The third-order valence-corrected chi connectivity index (χ3v) is 1.90. The predicted molar refractivity (Wildman–Crippen MR) is 38.8 cm³/mol. The summed E-state index contributed by atoms with van der Waals surface area (Å²) in [5, 5.41) is 0. The molecule has 4 heteroatoms. The molecule has 0 saturated carbocycles. The Kier molecular flexibility index (Phi) is 12.6. The van der Waals surface area contributed by atoms with Gasteiger partial charge in [-0.25, -0.2) is 0 Å². The van der Waals surface area contributed by atoms with E-state index in [2.05, 4.69) is 6.92 Å². The molecule has 0 aromatic rings. The quantitative estimate of drug-likeness (QED) is 0.424. The summed E-state index contributed by atoms with van der Waals surface area (Å²) in [7, 11) is -1.87. The molecule has 0 amide bonds. The number of rotatable bonds is 5. The molecule has 0 aliphatic rings. The summed E-state index contributed by atoms with van der Waals surface area (Å²) in [4.78, 5) is 8.36. The van der Waals surface area contributed by atoms with Crippen molar-refractivity contribution in [3.8, 4) is 0 Å². The van der Waals surface area contributed by atoms with Crippen molar-refractivity contribution in [1.29, 1.82) is 0 Å². The largest absolute Gasteiger partial charge is 0.505 e. The first-order valence-corrected chi connectivity index (χ1v) is 4.80. The monoisotopic (exact) mass is 205 g/mol. The second-order valence-electron chi connectivity index (χ2n) is 2.14. The van der Waals surface area contributed by atoms with Crippen LogP contribution >= 0.6 is 8.03 Å². The zero-order valence-electron chi connectivity index (χ0n) is 6.19. The van der Waals surface area contributed by atoms with Gasteiger partial charge in [0.2, 0.25) is 0 Å². The minimum atomic E-state index is -1.87. The number of hydrogen-bond acceptors (Lipinski definition) is 1. The van der Waals surface area contributed by atoms with Gasteiger partial charge < -0.3 is 0 Å². The van der Waals surface area contributed by atoms with E-state index in [0.29, 0.717) is 6.16 Å². The van der Waals surface area contributed by atoms with E-state index in [1.54, 1.807) is 0 Å². The molecule has 2 nitrogen and oxygen atoms in total. The van der Waals surface area contributed by atoms with Crippen LogP contribution in [0.1, 0.15) is 32.6 Å². The van der Waals surface area contributed by atoms with Crippen molar-refractivity contribution >= 4 is 8.03 Å². The van der Waals surface area contributed by atoms with Crippen LogP contribution < -0.4 is 0 Å². The molecule has 0 fully saturated rings. The summed E-state index contributed by atoms with van der Waals surface area (Å²) < 4.78 is 10.1. The van der Waals surface area contributed by atoms with Crippen LogP contribution in [0.3, 0.4) is 0 Å². The standard InChI is InChI=1S/C6H13O2P.Fe/c1-2-3-4-5-6-9(7)8;/h2-6H2,1H3;/p+1. The molecule has 62 valence electrons. The van der Waals surface area contributed by atoms with Crippen molar-refractivity contribution in [1.82, 2.24) is 0 Å². The van der Waals surface area contributed by atoms with Crippen LogP contribution in [-0.4, -0.2) is 11.1 Å². The number of unbranched alkanes of at least 4 members (excludes halogenated alkanes) is 3. The first kappa shape index (κ1) is 13.2. The molecule has 0 radical (unpaired) electrons. The van der Waals surface area contributed by atoms with Crippen LogP contribution in [0.15, 0.2) is 0 Å². The fourth-order valence-electron chi connectivity index (χ4n) is 0.674. The van der Waals surface area contributed by atoms with Crippen LogP contribution in [0.4, 0.5) is 0 Å².